The number of aromatic nitrogens is 2. The zero-order valence-corrected chi connectivity index (χ0v) is 18.3. The molecule has 0 bridgehead atoms. The van der Waals surface area contributed by atoms with Crippen molar-refractivity contribution < 1.29 is 23.8 Å². The number of anilines is 1. The molecular weight excluding hydrogens is 479 g/mol. The number of carbonyl (C=O) groups excluding carboxylic acids is 1. The van der Waals surface area contributed by atoms with E-state index in [0.29, 0.717) is 25.2 Å². The molecule has 0 aliphatic carbocycles. The van der Waals surface area contributed by atoms with Crippen LogP contribution in [0.1, 0.15) is 26.0 Å². The Balaban J connectivity index is 1.91. The fourth-order valence-corrected chi connectivity index (χ4v) is 2.51. The van der Waals surface area contributed by atoms with Crippen LogP contribution in [-0.4, -0.2) is 52.6 Å². The number of aliphatic imine (C=N–C) groups is 2. The smallest absolute Gasteiger partial charge is 0.414 e. The normalized spacial score (nSPS) is 12.1. The molecule has 0 spiro atoms. The van der Waals surface area contributed by atoms with Gasteiger partial charge in [-0.1, -0.05) is 0 Å². The van der Waals surface area contributed by atoms with Gasteiger partial charge in [0.15, 0.2) is 17.5 Å². The third-order valence-corrected chi connectivity index (χ3v) is 4.05. The fraction of sp³-hybridized carbons (Fsp3) is 0.353. The first kappa shape index (κ1) is 24.0. The van der Waals surface area contributed by atoms with Crippen LogP contribution in [0.3, 0.4) is 0 Å². The van der Waals surface area contributed by atoms with Crippen LogP contribution in [0, 0.1) is 5.82 Å². The third kappa shape index (κ3) is 7.82. The fourth-order valence-electron chi connectivity index (χ4n) is 2.15. The van der Waals surface area contributed by atoms with Crippen molar-refractivity contribution in [2.75, 3.05) is 18.4 Å². The number of nitrogens with zero attached hydrogens (tertiary/aromatic N) is 4. The van der Waals surface area contributed by atoms with E-state index in [9.17, 15) is 14.4 Å². The average molecular weight is 501 g/mol. The van der Waals surface area contributed by atoms with Crippen LogP contribution in [0.2, 0.25) is 0 Å². The largest absolute Gasteiger partial charge is 0.447 e. The Kier molecular flexibility index (Phi) is 9.14. The molecule has 31 heavy (non-hydrogen) atoms. The highest BCUT2D eigenvalue weighted by Gasteiger charge is 2.16. The van der Waals surface area contributed by atoms with Gasteiger partial charge in [-0.25, -0.2) is 18.8 Å². The molecule has 0 saturated carbocycles. The minimum Gasteiger partial charge on any atom is -0.447 e. The number of halogens is 2. The first-order valence-corrected chi connectivity index (χ1v) is 9.87. The molecule has 0 saturated heterocycles. The lowest BCUT2D eigenvalue weighted by molar-refractivity contribution is 0.120. The lowest BCUT2D eigenvalue weighted by Gasteiger charge is -2.08. The quantitative estimate of drug-likeness (QED) is 0.157. The summed E-state index contributed by atoms with van der Waals surface area (Å²) in [6, 6.07) is 4.08. The topological polar surface area (TPSA) is 172 Å². The molecular formula is C17H22BrFN8O4. The number of hydrogen-bond acceptors (Lipinski definition) is 9. The second-order valence-electron chi connectivity index (χ2n) is 6.26. The number of nitrogens with two attached hydrogens (primary N) is 1. The van der Waals surface area contributed by atoms with Crippen molar-refractivity contribution in [1.29, 1.82) is 0 Å². The van der Waals surface area contributed by atoms with Gasteiger partial charge in [-0.3, -0.25) is 21.0 Å². The molecule has 0 radical (unpaired) electrons. The molecule has 1 heterocycles. The maximum atomic E-state index is 13.4. The van der Waals surface area contributed by atoms with Crippen molar-refractivity contribution in [2.24, 2.45) is 15.7 Å². The number of rotatable bonds is 8. The van der Waals surface area contributed by atoms with E-state index >= 15 is 0 Å². The van der Waals surface area contributed by atoms with E-state index in [1.807, 2.05) is 5.48 Å². The SMILES string of the molecule is CC(C)OC(=O)NC(N)=NCCCNc1nonc1C(=Nc1ccc(F)c(Br)c1)NO. The van der Waals surface area contributed by atoms with Crippen LogP contribution in [-0.2, 0) is 4.74 Å². The highest BCUT2D eigenvalue weighted by molar-refractivity contribution is 9.10. The maximum absolute atomic E-state index is 13.4. The lowest BCUT2D eigenvalue weighted by atomic mass is 10.3. The van der Waals surface area contributed by atoms with E-state index in [-0.39, 0.29) is 33.9 Å². The monoisotopic (exact) mass is 500 g/mol. The minimum absolute atomic E-state index is 0.0567. The van der Waals surface area contributed by atoms with Crippen LogP contribution < -0.4 is 21.8 Å². The van der Waals surface area contributed by atoms with Gasteiger partial charge in [-0.05, 0) is 64.7 Å². The molecule has 1 amide bonds. The summed E-state index contributed by atoms with van der Waals surface area (Å²) in [5, 5.41) is 22.1. The number of amidine groups is 1. The molecule has 6 N–H and O–H groups in total. The van der Waals surface area contributed by atoms with Gasteiger partial charge in [-0.15, -0.1) is 0 Å². The van der Waals surface area contributed by atoms with Crippen LogP contribution in [0.15, 0.2) is 37.3 Å². The zero-order chi connectivity index (χ0) is 22.8. The molecule has 1 aromatic carbocycles. The van der Waals surface area contributed by atoms with Crippen LogP contribution >= 0.6 is 15.9 Å². The summed E-state index contributed by atoms with van der Waals surface area (Å²) in [5.74, 6) is -0.341. The number of benzene rings is 1. The molecule has 0 atom stereocenters. The molecule has 14 heteroatoms. The van der Waals surface area contributed by atoms with Gasteiger partial charge in [-0.2, -0.15) is 0 Å². The Labute approximate surface area is 185 Å². The summed E-state index contributed by atoms with van der Waals surface area (Å²) in [5.41, 5.74) is 8.00. The van der Waals surface area contributed by atoms with Crippen molar-refractivity contribution in [1.82, 2.24) is 21.1 Å². The Bertz CT molecular complexity index is 950. The summed E-state index contributed by atoms with van der Waals surface area (Å²) in [7, 11) is 0. The van der Waals surface area contributed by atoms with E-state index < -0.39 is 11.9 Å². The summed E-state index contributed by atoms with van der Waals surface area (Å²) in [4.78, 5) is 19.6. The molecule has 0 fully saturated rings. The van der Waals surface area contributed by atoms with Crippen molar-refractivity contribution >= 4 is 45.3 Å². The number of carbonyl (C=O) groups is 1. The van der Waals surface area contributed by atoms with Crippen molar-refractivity contribution in [3.8, 4) is 0 Å². The first-order chi connectivity index (χ1) is 14.8. The number of ether oxygens (including phenoxy) is 1. The second kappa shape index (κ2) is 11.8. The van der Waals surface area contributed by atoms with Gasteiger partial charge in [0.05, 0.1) is 16.3 Å². The minimum atomic E-state index is -0.677. The number of hydroxylamine groups is 1. The number of alkyl carbamates (subject to hydrolysis) is 1. The molecule has 0 aliphatic rings. The van der Waals surface area contributed by atoms with Gasteiger partial charge in [0.2, 0.25) is 5.82 Å². The number of guanidine groups is 1. The Hall–Kier alpha value is -3.26. The highest BCUT2D eigenvalue weighted by Crippen LogP contribution is 2.23. The summed E-state index contributed by atoms with van der Waals surface area (Å²) >= 11 is 3.07. The molecule has 0 unspecified atom stereocenters. The third-order valence-electron chi connectivity index (χ3n) is 3.45. The standard InChI is InChI=1S/C17H22BrFN8O4/c1-9(2)30-17(28)24-16(20)22-7-3-6-21-14-13(26-31-27-14)15(25-29)23-10-4-5-12(19)11(18)8-10/h4-5,8-9,29H,3,6-7H2,1-2H3,(H,21,27)(H,23,25)(H3,20,22,24,28). The predicted octanol–water partition coefficient (Wildman–Crippen LogP) is 2.28. The Morgan fingerprint density at radius 2 is 2.19 bits per heavy atom. The van der Waals surface area contributed by atoms with E-state index in [0.717, 1.165) is 0 Å². The number of hydrogen-bond donors (Lipinski definition) is 5. The molecule has 12 nitrogen and oxygen atoms in total. The lowest BCUT2D eigenvalue weighted by Crippen LogP contribution is -2.38. The van der Waals surface area contributed by atoms with Gasteiger partial charge in [0.1, 0.15) is 5.82 Å². The molecule has 1 aromatic heterocycles. The van der Waals surface area contributed by atoms with E-state index in [1.54, 1.807) is 13.8 Å². The van der Waals surface area contributed by atoms with E-state index in [1.165, 1.54) is 18.2 Å². The van der Waals surface area contributed by atoms with Gasteiger partial charge < -0.3 is 15.8 Å². The highest BCUT2D eigenvalue weighted by atomic mass is 79.9. The van der Waals surface area contributed by atoms with Gasteiger partial charge >= 0.3 is 6.09 Å². The van der Waals surface area contributed by atoms with Crippen LogP contribution in [0.5, 0.6) is 0 Å². The summed E-state index contributed by atoms with van der Waals surface area (Å²) in [6.07, 6.45) is -0.421. The average Bonchev–Trinajstić information content (AvgIpc) is 3.16. The summed E-state index contributed by atoms with van der Waals surface area (Å²) < 4.78 is 23.2. The van der Waals surface area contributed by atoms with Crippen molar-refractivity contribution in [2.45, 2.75) is 26.4 Å². The van der Waals surface area contributed by atoms with Crippen LogP contribution in [0.4, 0.5) is 20.7 Å². The van der Waals surface area contributed by atoms with E-state index in [2.05, 4.69) is 46.9 Å². The van der Waals surface area contributed by atoms with Gasteiger partial charge in [0, 0.05) is 13.1 Å². The molecule has 2 aromatic rings. The zero-order valence-electron chi connectivity index (χ0n) is 16.7. The van der Waals surface area contributed by atoms with Crippen LogP contribution in [0.25, 0.3) is 0 Å². The van der Waals surface area contributed by atoms with Crippen molar-refractivity contribution in [3.05, 3.63) is 34.2 Å². The molecule has 168 valence electrons. The number of nitrogens with one attached hydrogen (secondary N) is 3. The first-order valence-electron chi connectivity index (χ1n) is 9.08. The molecule has 2 rings (SSSR count). The predicted molar refractivity (Wildman–Crippen MR) is 114 cm³/mol. The Morgan fingerprint density at radius 1 is 1.42 bits per heavy atom. The second-order valence-corrected chi connectivity index (χ2v) is 7.11. The van der Waals surface area contributed by atoms with E-state index in [4.69, 9.17) is 15.1 Å². The Morgan fingerprint density at radius 3 is 2.87 bits per heavy atom. The van der Waals surface area contributed by atoms with Crippen molar-refractivity contribution in [3.63, 3.8) is 0 Å². The summed E-state index contributed by atoms with van der Waals surface area (Å²) in [6.45, 7) is 4.14. The molecule has 0 aliphatic heterocycles. The maximum Gasteiger partial charge on any atom is 0.414 e. The van der Waals surface area contributed by atoms with Gasteiger partial charge in [0.25, 0.3) is 0 Å². The number of amides is 1.